The molecule has 3 aromatic carbocycles. The first-order valence-electron chi connectivity index (χ1n) is 13.1. The van der Waals surface area contributed by atoms with Crippen molar-refractivity contribution >= 4 is 23.4 Å². The molecule has 38 heavy (non-hydrogen) atoms. The van der Waals surface area contributed by atoms with E-state index in [1.807, 2.05) is 91.9 Å². The molecule has 3 amide bonds. The Morgan fingerprint density at radius 3 is 2.37 bits per heavy atom. The molecule has 0 saturated heterocycles. The standard InChI is InChI=1S/C31H35N5O2/c1-4-6-19-35(31(38)32-26-14-10-11-24(5-2)20-26)22-30(37)33-29-21-28(25-12-8-7-9-13-25)34-36(29)27-17-15-23(3)16-18-27/h7-18,20-21H,4-6,19,22H2,1-3H3,(H,32,38)(H,33,37). The van der Waals surface area contributed by atoms with Crippen molar-refractivity contribution in [2.75, 3.05) is 23.7 Å². The van der Waals surface area contributed by atoms with E-state index in [0.717, 1.165) is 53.0 Å². The largest absolute Gasteiger partial charge is 0.322 e. The molecule has 1 aromatic heterocycles. The van der Waals surface area contributed by atoms with Crippen LogP contribution in [0.15, 0.2) is 84.9 Å². The van der Waals surface area contributed by atoms with Crippen LogP contribution >= 0.6 is 0 Å². The van der Waals surface area contributed by atoms with Crippen molar-refractivity contribution in [3.63, 3.8) is 0 Å². The summed E-state index contributed by atoms with van der Waals surface area (Å²) < 4.78 is 1.73. The van der Waals surface area contributed by atoms with Gasteiger partial charge in [0.1, 0.15) is 12.4 Å². The number of nitrogens with one attached hydrogen (secondary N) is 2. The third-order valence-corrected chi connectivity index (χ3v) is 6.31. The number of nitrogens with zero attached hydrogens (tertiary/aromatic N) is 3. The number of benzene rings is 3. The number of aryl methyl sites for hydroxylation is 2. The first-order chi connectivity index (χ1) is 18.5. The van der Waals surface area contributed by atoms with Gasteiger partial charge in [0, 0.05) is 23.9 Å². The monoisotopic (exact) mass is 509 g/mol. The number of rotatable bonds is 10. The number of hydrogen-bond donors (Lipinski definition) is 2. The van der Waals surface area contributed by atoms with E-state index in [1.54, 1.807) is 9.58 Å². The van der Waals surface area contributed by atoms with E-state index in [9.17, 15) is 9.59 Å². The van der Waals surface area contributed by atoms with E-state index in [-0.39, 0.29) is 18.5 Å². The van der Waals surface area contributed by atoms with E-state index in [0.29, 0.717) is 12.4 Å². The van der Waals surface area contributed by atoms with Crippen molar-refractivity contribution in [1.29, 1.82) is 0 Å². The maximum atomic E-state index is 13.3. The summed E-state index contributed by atoms with van der Waals surface area (Å²) in [6.07, 6.45) is 2.60. The molecule has 0 unspecified atom stereocenters. The van der Waals surface area contributed by atoms with Crippen molar-refractivity contribution in [3.8, 4) is 16.9 Å². The van der Waals surface area contributed by atoms with Gasteiger partial charge in [-0.2, -0.15) is 5.10 Å². The van der Waals surface area contributed by atoms with Gasteiger partial charge in [0.2, 0.25) is 5.91 Å². The maximum absolute atomic E-state index is 13.3. The first-order valence-corrected chi connectivity index (χ1v) is 13.1. The van der Waals surface area contributed by atoms with Crippen LogP contribution in [0.5, 0.6) is 0 Å². The molecule has 4 aromatic rings. The van der Waals surface area contributed by atoms with E-state index >= 15 is 0 Å². The summed E-state index contributed by atoms with van der Waals surface area (Å²) in [6.45, 7) is 6.57. The van der Waals surface area contributed by atoms with Crippen LogP contribution < -0.4 is 10.6 Å². The lowest BCUT2D eigenvalue weighted by Gasteiger charge is -2.22. The minimum Gasteiger partial charge on any atom is -0.315 e. The Labute approximate surface area is 224 Å². The SMILES string of the molecule is CCCCN(CC(=O)Nc1cc(-c2ccccc2)nn1-c1ccc(C)cc1)C(=O)Nc1cccc(CC)c1. The quantitative estimate of drug-likeness (QED) is 0.250. The van der Waals surface area contributed by atoms with Crippen LogP contribution in [0.1, 0.15) is 37.8 Å². The number of aromatic nitrogens is 2. The molecule has 7 nitrogen and oxygen atoms in total. The van der Waals surface area contributed by atoms with Gasteiger partial charge >= 0.3 is 6.03 Å². The summed E-state index contributed by atoms with van der Waals surface area (Å²) in [4.78, 5) is 27.9. The molecule has 2 N–H and O–H groups in total. The number of unbranched alkanes of at least 4 members (excludes halogenated alkanes) is 1. The van der Waals surface area contributed by atoms with Crippen LogP contribution in [-0.4, -0.2) is 39.7 Å². The number of amides is 3. The van der Waals surface area contributed by atoms with Crippen LogP contribution in [0.4, 0.5) is 16.3 Å². The number of hydrogen-bond acceptors (Lipinski definition) is 3. The van der Waals surface area contributed by atoms with E-state index in [4.69, 9.17) is 5.10 Å². The highest BCUT2D eigenvalue weighted by Gasteiger charge is 2.20. The predicted octanol–water partition coefficient (Wildman–Crippen LogP) is 6.68. The fraction of sp³-hybridized carbons (Fsp3) is 0.258. The average molecular weight is 510 g/mol. The van der Waals surface area contributed by atoms with Crippen molar-refractivity contribution in [2.24, 2.45) is 0 Å². The third-order valence-electron chi connectivity index (χ3n) is 6.31. The number of urea groups is 1. The normalized spacial score (nSPS) is 10.7. The maximum Gasteiger partial charge on any atom is 0.322 e. The van der Waals surface area contributed by atoms with Crippen LogP contribution in [-0.2, 0) is 11.2 Å². The highest BCUT2D eigenvalue weighted by Crippen LogP contribution is 2.25. The van der Waals surface area contributed by atoms with Crippen molar-refractivity contribution in [2.45, 2.75) is 40.0 Å². The highest BCUT2D eigenvalue weighted by molar-refractivity contribution is 5.97. The molecule has 0 radical (unpaired) electrons. The lowest BCUT2D eigenvalue weighted by Crippen LogP contribution is -2.41. The molecular weight excluding hydrogens is 474 g/mol. The van der Waals surface area contributed by atoms with Crippen LogP contribution in [0.3, 0.4) is 0 Å². The zero-order valence-corrected chi connectivity index (χ0v) is 22.3. The average Bonchev–Trinajstić information content (AvgIpc) is 3.35. The lowest BCUT2D eigenvalue weighted by molar-refractivity contribution is -0.116. The van der Waals surface area contributed by atoms with E-state index in [1.165, 1.54) is 0 Å². The molecule has 0 spiro atoms. The predicted molar refractivity (Wildman–Crippen MR) is 154 cm³/mol. The molecule has 0 atom stereocenters. The minimum absolute atomic E-state index is 0.0704. The number of carbonyl (C=O) groups is 2. The molecule has 4 rings (SSSR count). The summed E-state index contributed by atoms with van der Waals surface area (Å²) in [6, 6.07) is 27.1. The Kier molecular flexibility index (Phi) is 8.93. The molecule has 0 saturated carbocycles. The Morgan fingerprint density at radius 1 is 0.895 bits per heavy atom. The van der Waals surface area contributed by atoms with Crippen molar-refractivity contribution in [3.05, 3.63) is 96.1 Å². The van der Waals surface area contributed by atoms with Crippen molar-refractivity contribution in [1.82, 2.24) is 14.7 Å². The summed E-state index contributed by atoms with van der Waals surface area (Å²) in [5.74, 6) is 0.260. The lowest BCUT2D eigenvalue weighted by atomic mass is 10.1. The Bertz CT molecular complexity index is 1360. The topological polar surface area (TPSA) is 79.3 Å². The Balaban J connectivity index is 1.54. The van der Waals surface area contributed by atoms with Crippen LogP contribution in [0.25, 0.3) is 16.9 Å². The van der Waals surface area contributed by atoms with Gasteiger partial charge in [-0.05, 0) is 49.6 Å². The molecule has 0 fully saturated rings. The molecule has 0 bridgehead atoms. The van der Waals surface area contributed by atoms with E-state index < -0.39 is 0 Å². The molecule has 0 aliphatic carbocycles. The van der Waals surface area contributed by atoms with Gasteiger partial charge in [-0.25, -0.2) is 9.48 Å². The van der Waals surface area contributed by atoms with Gasteiger partial charge in [0.25, 0.3) is 0 Å². The number of anilines is 2. The van der Waals surface area contributed by atoms with Crippen LogP contribution in [0.2, 0.25) is 0 Å². The number of carbonyl (C=O) groups excluding carboxylic acids is 2. The van der Waals surface area contributed by atoms with Gasteiger partial charge in [-0.3, -0.25) is 4.79 Å². The minimum atomic E-state index is -0.293. The molecule has 196 valence electrons. The third kappa shape index (κ3) is 6.88. The second-order valence-electron chi connectivity index (χ2n) is 9.34. The van der Waals surface area contributed by atoms with Gasteiger partial charge in [-0.15, -0.1) is 0 Å². The summed E-state index contributed by atoms with van der Waals surface area (Å²) in [7, 11) is 0. The van der Waals surface area contributed by atoms with Gasteiger partial charge in [-0.1, -0.05) is 80.4 Å². The fourth-order valence-corrected chi connectivity index (χ4v) is 4.13. The van der Waals surface area contributed by atoms with E-state index in [2.05, 4.69) is 24.5 Å². The van der Waals surface area contributed by atoms with Crippen molar-refractivity contribution < 1.29 is 9.59 Å². The van der Waals surface area contributed by atoms with Gasteiger partial charge in [0.15, 0.2) is 0 Å². The smallest absolute Gasteiger partial charge is 0.315 e. The fourth-order valence-electron chi connectivity index (χ4n) is 4.13. The van der Waals surface area contributed by atoms with Gasteiger partial charge < -0.3 is 15.5 Å². The second kappa shape index (κ2) is 12.7. The molecule has 7 heteroatoms. The molecule has 0 aliphatic rings. The molecule has 1 heterocycles. The first kappa shape index (κ1) is 26.7. The molecule has 0 aliphatic heterocycles. The van der Waals surface area contributed by atoms with Gasteiger partial charge in [0.05, 0.1) is 11.4 Å². The second-order valence-corrected chi connectivity index (χ2v) is 9.34. The highest BCUT2D eigenvalue weighted by atomic mass is 16.2. The zero-order chi connectivity index (χ0) is 26.9. The Hall–Kier alpha value is -4.39. The summed E-state index contributed by atoms with van der Waals surface area (Å²) in [5.41, 5.74) is 5.53. The zero-order valence-electron chi connectivity index (χ0n) is 22.3. The summed E-state index contributed by atoms with van der Waals surface area (Å²) >= 11 is 0. The summed E-state index contributed by atoms with van der Waals surface area (Å²) in [5, 5.41) is 10.7. The van der Waals surface area contributed by atoms with Crippen LogP contribution in [0, 0.1) is 6.92 Å². The molecular formula is C31H35N5O2. The Morgan fingerprint density at radius 2 is 1.66 bits per heavy atom.